The minimum atomic E-state index is 0.601. The summed E-state index contributed by atoms with van der Waals surface area (Å²) in [5.74, 6) is 0.601. The number of aromatic nitrogens is 1. The van der Waals surface area contributed by atoms with Gasteiger partial charge in [-0.2, -0.15) is 4.37 Å². The lowest BCUT2D eigenvalue weighted by Gasteiger charge is -2.18. The van der Waals surface area contributed by atoms with E-state index >= 15 is 0 Å². The van der Waals surface area contributed by atoms with Gasteiger partial charge in [0.05, 0.1) is 10.4 Å². The summed E-state index contributed by atoms with van der Waals surface area (Å²) < 4.78 is 5.86. The molecule has 1 aliphatic heterocycles. The van der Waals surface area contributed by atoms with Crippen molar-refractivity contribution in [1.29, 1.82) is 0 Å². The van der Waals surface area contributed by atoms with Crippen LogP contribution >= 0.6 is 11.5 Å². The first kappa shape index (κ1) is 10.00. The molecule has 2 heterocycles. The van der Waals surface area contributed by atoms with Crippen molar-refractivity contribution >= 4 is 27.2 Å². The maximum absolute atomic E-state index is 4.59. The van der Waals surface area contributed by atoms with Crippen molar-refractivity contribution < 1.29 is 0 Å². The first-order valence-electron chi connectivity index (χ1n) is 5.61. The van der Waals surface area contributed by atoms with E-state index in [1.54, 1.807) is 11.5 Å². The second-order valence-corrected chi connectivity index (χ2v) is 5.13. The Bertz CT molecular complexity index is 542. The van der Waals surface area contributed by atoms with Gasteiger partial charge in [0, 0.05) is 18.5 Å². The van der Waals surface area contributed by atoms with Gasteiger partial charge in [-0.1, -0.05) is 31.2 Å². The molecule has 3 heteroatoms. The molecule has 0 unspecified atom stereocenters. The minimum absolute atomic E-state index is 0.601. The summed E-state index contributed by atoms with van der Waals surface area (Å²) in [4.78, 5) is 0. The van der Waals surface area contributed by atoms with Crippen LogP contribution in [0.15, 0.2) is 30.3 Å². The molecule has 0 amide bonds. The average Bonchev–Trinajstić information content (AvgIpc) is 2.72. The van der Waals surface area contributed by atoms with Crippen molar-refractivity contribution in [3.63, 3.8) is 0 Å². The zero-order valence-corrected chi connectivity index (χ0v) is 10.1. The molecule has 0 fully saturated rings. The summed E-state index contributed by atoms with van der Waals surface area (Å²) in [6.45, 7) is 4.25. The van der Waals surface area contributed by atoms with E-state index in [-0.39, 0.29) is 0 Å². The van der Waals surface area contributed by atoms with Crippen LogP contribution in [0.1, 0.15) is 12.6 Å². The van der Waals surface area contributed by atoms with Gasteiger partial charge >= 0.3 is 0 Å². The average molecular weight is 230 g/mol. The highest BCUT2D eigenvalue weighted by atomic mass is 32.1. The van der Waals surface area contributed by atoms with Crippen molar-refractivity contribution in [3.05, 3.63) is 36.0 Å². The molecule has 1 atom stereocenters. The summed E-state index contributed by atoms with van der Waals surface area (Å²) in [7, 11) is 0. The fourth-order valence-electron chi connectivity index (χ4n) is 2.18. The number of nitrogens with one attached hydrogen (secondary N) is 1. The summed E-state index contributed by atoms with van der Waals surface area (Å²) in [5, 5.41) is 4.72. The van der Waals surface area contributed by atoms with Crippen LogP contribution in [0.25, 0.3) is 15.7 Å². The molecule has 0 spiro atoms. The second kappa shape index (κ2) is 4.00. The number of nitrogens with zero attached hydrogens (tertiary/aromatic N) is 1. The lowest BCUT2D eigenvalue weighted by atomic mass is 9.99. The van der Waals surface area contributed by atoms with Crippen LogP contribution in [0.3, 0.4) is 0 Å². The molecular formula is C13H14N2S. The van der Waals surface area contributed by atoms with Crippen LogP contribution in [0.4, 0.5) is 0 Å². The zero-order valence-electron chi connectivity index (χ0n) is 9.23. The highest BCUT2D eigenvalue weighted by molar-refractivity contribution is 7.13. The summed E-state index contributed by atoms with van der Waals surface area (Å²) in [5.41, 5.74) is 2.51. The number of benzene rings is 1. The van der Waals surface area contributed by atoms with E-state index in [4.69, 9.17) is 0 Å². The van der Waals surface area contributed by atoms with Gasteiger partial charge < -0.3 is 5.32 Å². The number of hydrogen-bond acceptors (Lipinski definition) is 3. The van der Waals surface area contributed by atoms with Gasteiger partial charge in [0.1, 0.15) is 0 Å². The maximum Gasteiger partial charge on any atom is 0.0888 e. The molecular weight excluding hydrogens is 216 g/mol. The van der Waals surface area contributed by atoms with Gasteiger partial charge in [-0.15, -0.1) is 0 Å². The number of hydrogen-bond donors (Lipinski definition) is 1. The SMILES string of the molecule is C[C@H]1C=C(c2nsc3ccccc23)CNC1. The molecule has 0 saturated carbocycles. The summed E-state index contributed by atoms with van der Waals surface area (Å²) in [6, 6.07) is 8.45. The molecule has 16 heavy (non-hydrogen) atoms. The van der Waals surface area contributed by atoms with Gasteiger partial charge in [0.2, 0.25) is 0 Å². The van der Waals surface area contributed by atoms with Crippen molar-refractivity contribution in [2.75, 3.05) is 13.1 Å². The quantitative estimate of drug-likeness (QED) is 0.814. The Morgan fingerprint density at radius 1 is 1.38 bits per heavy atom. The van der Waals surface area contributed by atoms with Crippen molar-refractivity contribution in [2.45, 2.75) is 6.92 Å². The Balaban J connectivity index is 2.12. The largest absolute Gasteiger partial charge is 0.312 e. The van der Waals surface area contributed by atoms with Crippen LogP contribution in [-0.2, 0) is 0 Å². The van der Waals surface area contributed by atoms with Crippen molar-refractivity contribution in [2.24, 2.45) is 5.92 Å². The van der Waals surface area contributed by atoms with Crippen LogP contribution in [-0.4, -0.2) is 17.5 Å². The third-order valence-corrected chi connectivity index (χ3v) is 3.78. The smallest absolute Gasteiger partial charge is 0.0888 e. The van der Waals surface area contributed by atoms with Crippen LogP contribution < -0.4 is 5.32 Å². The molecule has 1 aromatic carbocycles. The van der Waals surface area contributed by atoms with Gasteiger partial charge in [-0.05, 0) is 29.1 Å². The molecule has 2 nitrogen and oxygen atoms in total. The van der Waals surface area contributed by atoms with E-state index in [9.17, 15) is 0 Å². The molecule has 3 rings (SSSR count). The summed E-state index contributed by atoms with van der Waals surface area (Å²) in [6.07, 6.45) is 2.35. The highest BCUT2D eigenvalue weighted by Gasteiger charge is 2.15. The molecule has 1 aliphatic rings. The lowest BCUT2D eigenvalue weighted by Crippen LogP contribution is -2.27. The topological polar surface area (TPSA) is 24.9 Å². The molecule has 2 aromatic rings. The predicted molar refractivity (Wildman–Crippen MR) is 69.6 cm³/mol. The van der Waals surface area contributed by atoms with E-state index < -0.39 is 0 Å². The third kappa shape index (κ3) is 1.66. The molecule has 0 saturated heterocycles. The Morgan fingerprint density at radius 3 is 3.12 bits per heavy atom. The van der Waals surface area contributed by atoms with Crippen LogP contribution in [0.2, 0.25) is 0 Å². The molecule has 1 N–H and O–H groups in total. The molecule has 0 bridgehead atoms. The summed E-state index contributed by atoms with van der Waals surface area (Å²) >= 11 is 1.59. The first-order chi connectivity index (χ1) is 7.84. The molecule has 82 valence electrons. The monoisotopic (exact) mass is 230 g/mol. The number of fused-ring (bicyclic) bond motifs is 1. The van der Waals surface area contributed by atoms with Crippen molar-refractivity contribution in [1.82, 2.24) is 9.69 Å². The standard InChI is InChI=1S/C13H14N2S/c1-9-6-10(8-14-7-9)13-11-4-2-3-5-12(11)16-15-13/h2-6,9,14H,7-8H2,1H3/t9-/m0/s1. The van der Waals surface area contributed by atoms with E-state index in [1.165, 1.54) is 21.4 Å². The zero-order chi connectivity index (χ0) is 11.0. The van der Waals surface area contributed by atoms with E-state index in [2.05, 4.69) is 47.0 Å². The molecule has 1 aromatic heterocycles. The normalized spacial score (nSPS) is 21.1. The van der Waals surface area contributed by atoms with E-state index in [0.717, 1.165) is 13.1 Å². The van der Waals surface area contributed by atoms with Crippen LogP contribution in [0, 0.1) is 5.92 Å². The fraction of sp³-hybridized carbons (Fsp3) is 0.308. The first-order valence-corrected chi connectivity index (χ1v) is 6.38. The molecule has 0 aliphatic carbocycles. The Morgan fingerprint density at radius 2 is 2.25 bits per heavy atom. The fourth-order valence-corrected chi connectivity index (χ4v) is 2.98. The van der Waals surface area contributed by atoms with Gasteiger partial charge in [0.15, 0.2) is 0 Å². The van der Waals surface area contributed by atoms with E-state index in [0.29, 0.717) is 5.92 Å². The lowest BCUT2D eigenvalue weighted by molar-refractivity contribution is 0.607. The van der Waals surface area contributed by atoms with Gasteiger partial charge in [0.25, 0.3) is 0 Å². The Kier molecular flexibility index (Phi) is 2.50. The molecule has 0 radical (unpaired) electrons. The van der Waals surface area contributed by atoms with Gasteiger partial charge in [-0.3, -0.25) is 0 Å². The minimum Gasteiger partial charge on any atom is -0.312 e. The third-order valence-electron chi connectivity index (χ3n) is 2.95. The second-order valence-electron chi connectivity index (χ2n) is 4.33. The Labute approximate surface area is 99.2 Å². The van der Waals surface area contributed by atoms with E-state index in [1.807, 2.05) is 0 Å². The van der Waals surface area contributed by atoms with Crippen molar-refractivity contribution in [3.8, 4) is 0 Å². The Hall–Kier alpha value is -1.19. The maximum atomic E-state index is 4.59. The van der Waals surface area contributed by atoms with Crippen LogP contribution in [0.5, 0.6) is 0 Å². The van der Waals surface area contributed by atoms with Gasteiger partial charge in [-0.25, -0.2) is 0 Å². The highest BCUT2D eigenvalue weighted by Crippen LogP contribution is 2.28. The predicted octanol–water partition coefficient (Wildman–Crippen LogP) is 2.92. The number of rotatable bonds is 1.